The van der Waals surface area contributed by atoms with Crippen LogP contribution in [-0.2, 0) is 5.41 Å². The van der Waals surface area contributed by atoms with Gasteiger partial charge >= 0.3 is 0 Å². The number of anilines is 3. The van der Waals surface area contributed by atoms with E-state index in [0.29, 0.717) is 0 Å². The zero-order valence-corrected chi connectivity index (χ0v) is 33.0. The molecule has 1 nitrogen and oxygen atoms in total. The van der Waals surface area contributed by atoms with Gasteiger partial charge in [-0.05, 0) is 131 Å². The molecule has 0 fully saturated rings. The predicted octanol–water partition coefficient (Wildman–Crippen LogP) is 15.7. The first kappa shape index (κ1) is 34.3. The Bertz CT molecular complexity index is 3200. The molecule has 0 saturated carbocycles. The molecule has 0 unspecified atom stereocenters. The normalized spacial score (nSPS) is 12.8. The Morgan fingerprint density at radius 1 is 0.250 bits per heavy atom. The first-order valence-electron chi connectivity index (χ1n) is 20.8. The third kappa shape index (κ3) is 5.19. The standard InChI is InChI=1S/C59H39N/c1-3-15-40(16-4-1)42-29-32-46(33-30-42)60(47-22-13-21-44(37-47)41-17-5-2-6-18-41)48-34-35-53-54-38-45(50-26-14-20-43-19-7-8-23-49(43)50)31-36-57(54)59(58(53)39-48)55-27-11-9-24-51(55)52-25-10-12-28-56(52)59/h1-39H. The average Bonchev–Trinajstić information content (AvgIpc) is 3.79. The van der Waals surface area contributed by atoms with Gasteiger partial charge in [0.1, 0.15) is 0 Å². The van der Waals surface area contributed by atoms with Gasteiger partial charge in [0, 0.05) is 17.1 Å². The lowest BCUT2D eigenvalue weighted by Gasteiger charge is -2.32. The number of hydrogen-bond acceptors (Lipinski definition) is 1. The Kier molecular flexibility index (Phi) is 7.83. The number of hydrogen-bond donors (Lipinski definition) is 0. The van der Waals surface area contributed by atoms with Gasteiger partial charge in [0.25, 0.3) is 0 Å². The Labute approximate surface area is 351 Å². The zero-order chi connectivity index (χ0) is 39.6. The molecule has 0 atom stereocenters. The minimum Gasteiger partial charge on any atom is -0.310 e. The highest BCUT2D eigenvalue weighted by Crippen LogP contribution is 2.63. The minimum absolute atomic E-state index is 0.486. The molecule has 60 heavy (non-hydrogen) atoms. The maximum absolute atomic E-state index is 2.49. The van der Waals surface area contributed by atoms with Crippen LogP contribution in [0.1, 0.15) is 22.3 Å². The van der Waals surface area contributed by atoms with E-state index in [9.17, 15) is 0 Å². The number of benzene rings is 10. The van der Waals surface area contributed by atoms with E-state index in [0.717, 1.165) is 17.1 Å². The van der Waals surface area contributed by atoms with E-state index in [-0.39, 0.29) is 0 Å². The van der Waals surface area contributed by atoms with Gasteiger partial charge in [0.05, 0.1) is 5.41 Å². The molecule has 1 heteroatoms. The summed E-state index contributed by atoms with van der Waals surface area (Å²) in [4.78, 5) is 2.44. The van der Waals surface area contributed by atoms with E-state index in [2.05, 4.69) is 241 Å². The fourth-order valence-corrected chi connectivity index (χ4v) is 10.3. The third-order valence-electron chi connectivity index (χ3n) is 12.9. The van der Waals surface area contributed by atoms with E-state index >= 15 is 0 Å². The van der Waals surface area contributed by atoms with Crippen LogP contribution < -0.4 is 4.90 Å². The van der Waals surface area contributed by atoms with Crippen molar-refractivity contribution in [1.29, 1.82) is 0 Å². The van der Waals surface area contributed by atoms with Crippen molar-refractivity contribution in [3.05, 3.63) is 259 Å². The number of rotatable bonds is 6. The fraction of sp³-hybridized carbons (Fsp3) is 0.0169. The molecule has 0 bridgehead atoms. The topological polar surface area (TPSA) is 3.24 Å². The van der Waals surface area contributed by atoms with Crippen molar-refractivity contribution in [1.82, 2.24) is 0 Å². The van der Waals surface area contributed by atoms with Gasteiger partial charge in [0.15, 0.2) is 0 Å². The second-order valence-corrected chi connectivity index (χ2v) is 16.0. The summed E-state index contributed by atoms with van der Waals surface area (Å²) in [6.45, 7) is 0. The summed E-state index contributed by atoms with van der Waals surface area (Å²) in [7, 11) is 0. The van der Waals surface area contributed by atoms with Crippen molar-refractivity contribution < 1.29 is 0 Å². The van der Waals surface area contributed by atoms with E-state index in [1.165, 1.54) is 88.7 Å². The van der Waals surface area contributed by atoms with Gasteiger partial charge in [-0.1, -0.05) is 194 Å². The van der Waals surface area contributed by atoms with Crippen LogP contribution >= 0.6 is 0 Å². The van der Waals surface area contributed by atoms with Crippen LogP contribution in [0.4, 0.5) is 17.1 Å². The summed E-state index contributed by atoms with van der Waals surface area (Å²) in [6.07, 6.45) is 0. The number of fused-ring (bicyclic) bond motifs is 11. The van der Waals surface area contributed by atoms with Crippen molar-refractivity contribution in [2.75, 3.05) is 4.90 Å². The lowest BCUT2D eigenvalue weighted by Crippen LogP contribution is -2.26. The first-order valence-corrected chi connectivity index (χ1v) is 20.8. The van der Waals surface area contributed by atoms with Gasteiger partial charge in [-0.3, -0.25) is 0 Å². The molecule has 2 aliphatic rings. The van der Waals surface area contributed by atoms with Crippen molar-refractivity contribution in [3.8, 4) is 55.6 Å². The fourth-order valence-electron chi connectivity index (χ4n) is 10.3. The SMILES string of the molecule is c1ccc(-c2ccc(N(c3cccc(-c4ccccc4)c3)c3ccc4c(c3)C3(c5ccccc5-c5ccccc53)c3ccc(-c5cccc6ccccc56)cc3-4)cc2)cc1. The molecule has 280 valence electrons. The second-order valence-electron chi connectivity index (χ2n) is 16.0. The van der Waals surface area contributed by atoms with Gasteiger partial charge in [-0.25, -0.2) is 0 Å². The molecular weight excluding hydrogens is 723 g/mol. The van der Waals surface area contributed by atoms with Crippen LogP contribution in [0, 0.1) is 0 Å². The average molecular weight is 762 g/mol. The lowest BCUT2D eigenvalue weighted by molar-refractivity contribution is 0.794. The largest absolute Gasteiger partial charge is 0.310 e. The van der Waals surface area contributed by atoms with E-state index < -0.39 is 5.41 Å². The quantitative estimate of drug-likeness (QED) is 0.163. The Morgan fingerprint density at radius 3 is 1.50 bits per heavy atom. The van der Waals surface area contributed by atoms with Gasteiger partial charge in [-0.15, -0.1) is 0 Å². The molecule has 0 aliphatic heterocycles. The Balaban J connectivity index is 1.10. The molecule has 0 amide bonds. The summed E-state index contributed by atoms with van der Waals surface area (Å²) < 4.78 is 0. The van der Waals surface area contributed by atoms with Crippen molar-refractivity contribution in [2.45, 2.75) is 5.41 Å². The van der Waals surface area contributed by atoms with Gasteiger partial charge in [0.2, 0.25) is 0 Å². The Hall–Kier alpha value is -7.74. The molecule has 0 aromatic heterocycles. The molecule has 2 aliphatic carbocycles. The van der Waals surface area contributed by atoms with Crippen molar-refractivity contribution in [3.63, 3.8) is 0 Å². The maximum Gasteiger partial charge on any atom is 0.0726 e. The molecule has 10 aromatic rings. The molecular formula is C59H39N. The maximum atomic E-state index is 2.49. The summed E-state index contributed by atoms with van der Waals surface area (Å²) in [6, 6.07) is 87.3. The molecule has 10 aromatic carbocycles. The van der Waals surface area contributed by atoms with E-state index in [1.807, 2.05) is 0 Å². The highest BCUT2D eigenvalue weighted by atomic mass is 15.1. The Morgan fingerprint density at radius 2 is 0.750 bits per heavy atom. The summed E-state index contributed by atoms with van der Waals surface area (Å²) in [5, 5.41) is 2.52. The third-order valence-corrected chi connectivity index (χ3v) is 12.9. The van der Waals surface area contributed by atoms with Crippen LogP contribution in [-0.4, -0.2) is 0 Å². The van der Waals surface area contributed by atoms with E-state index in [1.54, 1.807) is 0 Å². The van der Waals surface area contributed by atoms with E-state index in [4.69, 9.17) is 0 Å². The summed E-state index contributed by atoms with van der Waals surface area (Å²) >= 11 is 0. The second kappa shape index (κ2) is 13.7. The molecule has 0 saturated heterocycles. The van der Waals surface area contributed by atoms with Crippen LogP contribution in [0.2, 0.25) is 0 Å². The lowest BCUT2D eigenvalue weighted by atomic mass is 9.70. The van der Waals surface area contributed by atoms with Crippen LogP contribution in [0.15, 0.2) is 237 Å². The predicted molar refractivity (Wildman–Crippen MR) is 251 cm³/mol. The molecule has 0 heterocycles. The van der Waals surface area contributed by atoms with Gasteiger partial charge in [-0.2, -0.15) is 0 Å². The first-order chi connectivity index (χ1) is 29.8. The molecule has 0 radical (unpaired) electrons. The smallest absolute Gasteiger partial charge is 0.0726 e. The molecule has 0 N–H and O–H groups in total. The zero-order valence-electron chi connectivity index (χ0n) is 33.0. The van der Waals surface area contributed by atoms with Crippen LogP contribution in [0.3, 0.4) is 0 Å². The highest BCUT2D eigenvalue weighted by Gasteiger charge is 2.51. The monoisotopic (exact) mass is 761 g/mol. The van der Waals surface area contributed by atoms with Crippen LogP contribution in [0.5, 0.6) is 0 Å². The van der Waals surface area contributed by atoms with Crippen LogP contribution in [0.25, 0.3) is 66.4 Å². The summed E-state index contributed by atoms with van der Waals surface area (Å²) in [5.41, 5.74) is 20.6. The molecule has 1 spiro atoms. The summed E-state index contributed by atoms with van der Waals surface area (Å²) in [5.74, 6) is 0. The van der Waals surface area contributed by atoms with Gasteiger partial charge < -0.3 is 4.90 Å². The van der Waals surface area contributed by atoms with Crippen molar-refractivity contribution in [2.24, 2.45) is 0 Å². The molecule has 12 rings (SSSR count). The highest BCUT2D eigenvalue weighted by molar-refractivity contribution is 6.01. The minimum atomic E-state index is -0.486. The van der Waals surface area contributed by atoms with Crippen molar-refractivity contribution >= 4 is 27.8 Å². The number of nitrogens with zero attached hydrogens (tertiary/aromatic N) is 1.